The van der Waals surface area contributed by atoms with E-state index in [1.807, 2.05) is 0 Å². The Morgan fingerprint density at radius 1 is 1.30 bits per heavy atom. The van der Waals surface area contributed by atoms with Crippen LogP contribution in [0.1, 0.15) is 38.7 Å². The second-order valence-electron chi connectivity index (χ2n) is 6.07. The summed E-state index contributed by atoms with van der Waals surface area (Å²) in [5.41, 5.74) is 0.788. The van der Waals surface area contributed by atoms with Crippen LogP contribution >= 0.6 is 0 Å². The molecule has 2 rings (SSSR count). The Bertz CT molecular complexity index is 849. The molecule has 148 valence electrons. The zero-order valence-corrected chi connectivity index (χ0v) is 16.0. The zero-order chi connectivity index (χ0) is 20.0. The summed E-state index contributed by atoms with van der Waals surface area (Å²) in [5, 5.41) is -1.11. The van der Waals surface area contributed by atoms with Crippen molar-refractivity contribution in [3.8, 4) is 0 Å². The molecule has 0 spiro atoms. The van der Waals surface area contributed by atoms with Crippen molar-refractivity contribution in [2.45, 2.75) is 44.8 Å². The van der Waals surface area contributed by atoms with Gasteiger partial charge in [-0.1, -0.05) is 13.0 Å². The Labute approximate surface area is 157 Å². The molecule has 1 aromatic carbocycles. The highest BCUT2D eigenvalue weighted by atomic mass is 32.2. The minimum atomic E-state index is -3.97. The summed E-state index contributed by atoms with van der Waals surface area (Å²) in [5.74, 6) is -1.92. The third kappa shape index (κ3) is 5.53. The number of sulfonamides is 1. The van der Waals surface area contributed by atoms with Gasteiger partial charge in [-0.2, -0.15) is 0 Å². The fourth-order valence-electron chi connectivity index (χ4n) is 2.81. The number of rotatable bonds is 7. The van der Waals surface area contributed by atoms with Crippen molar-refractivity contribution in [2.75, 3.05) is 11.5 Å². The molecule has 1 aliphatic rings. The lowest BCUT2D eigenvalue weighted by atomic mass is 9.99. The molecule has 1 aliphatic carbocycles. The van der Waals surface area contributed by atoms with Crippen LogP contribution in [0.25, 0.3) is 0 Å². The molecule has 1 aromatic rings. The predicted molar refractivity (Wildman–Crippen MR) is 96.8 cm³/mol. The van der Waals surface area contributed by atoms with Crippen molar-refractivity contribution in [1.29, 1.82) is 0 Å². The first-order chi connectivity index (χ1) is 12.7. The minimum absolute atomic E-state index is 0.000984. The average Bonchev–Trinajstić information content (AvgIpc) is 2.62. The van der Waals surface area contributed by atoms with E-state index in [2.05, 4.69) is 9.46 Å². The third-order valence-electron chi connectivity index (χ3n) is 4.14. The lowest BCUT2D eigenvalue weighted by Gasteiger charge is -2.24. The standard InChI is InChI=1S/C18H22FNO6S/c1-3-13-10-14(19)8-9-16(13)20-27(23,24)17-7-5-4-6-15(17)18(22)26-11-25-12(2)21/h6,8-10,17,20H,3-5,7,11H2,1-2H3. The molecule has 1 N–H and O–H groups in total. The molecule has 1 atom stereocenters. The van der Waals surface area contributed by atoms with Crippen molar-refractivity contribution < 1.29 is 31.9 Å². The molecule has 0 fully saturated rings. The number of nitrogens with one attached hydrogen (secondary N) is 1. The normalized spacial score (nSPS) is 17.0. The Hall–Kier alpha value is -2.42. The van der Waals surface area contributed by atoms with Gasteiger partial charge in [-0.05, 0) is 49.4 Å². The fourth-order valence-corrected chi connectivity index (χ4v) is 4.46. The fraction of sp³-hybridized carbons (Fsp3) is 0.444. The van der Waals surface area contributed by atoms with Gasteiger partial charge in [-0.3, -0.25) is 9.52 Å². The summed E-state index contributed by atoms with van der Waals surface area (Å²) in [4.78, 5) is 23.0. The molecule has 0 saturated heterocycles. The van der Waals surface area contributed by atoms with E-state index in [0.29, 0.717) is 24.8 Å². The topological polar surface area (TPSA) is 98.8 Å². The summed E-state index contributed by atoms with van der Waals surface area (Å²) < 4.78 is 51.0. The molecule has 7 nitrogen and oxygen atoms in total. The van der Waals surface area contributed by atoms with Gasteiger partial charge in [0.15, 0.2) is 0 Å². The lowest BCUT2D eigenvalue weighted by molar-refractivity contribution is -0.163. The van der Waals surface area contributed by atoms with E-state index in [1.54, 1.807) is 6.92 Å². The summed E-state index contributed by atoms with van der Waals surface area (Å²) in [6.07, 6.45) is 3.34. The van der Waals surface area contributed by atoms with Crippen molar-refractivity contribution in [3.63, 3.8) is 0 Å². The number of halogens is 1. The number of benzene rings is 1. The Balaban J connectivity index is 2.20. The molecular weight excluding hydrogens is 377 g/mol. The van der Waals surface area contributed by atoms with E-state index < -0.39 is 39.8 Å². The van der Waals surface area contributed by atoms with Crippen LogP contribution in [0.3, 0.4) is 0 Å². The lowest BCUT2D eigenvalue weighted by Crippen LogP contribution is -2.35. The number of ether oxygens (including phenoxy) is 2. The zero-order valence-electron chi connectivity index (χ0n) is 15.2. The van der Waals surface area contributed by atoms with E-state index in [1.165, 1.54) is 31.2 Å². The first kappa shape index (κ1) is 20.9. The Morgan fingerprint density at radius 2 is 2.04 bits per heavy atom. The van der Waals surface area contributed by atoms with Gasteiger partial charge in [-0.15, -0.1) is 0 Å². The number of carbonyl (C=O) groups excluding carboxylic acids is 2. The number of hydrogen-bond donors (Lipinski definition) is 1. The van der Waals surface area contributed by atoms with Gasteiger partial charge in [0, 0.05) is 6.92 Å². The van der Waals surface area contributed by atoms with Crippen molar-refractivity contribution in [3.05, 3.63) is 41.2 Å². The van der Waals surface area contributed by atoms with Gasteiger partial charge < -0.3 is 9.47 Å². The highest BCUT2D eigenvalue weighted by Gasteiger charge is 2.35. The van der Waals surface area contributed by atoms with Gasteiger partial charge in [0.05, 0.1) is 11.3 Å². The second-order valence-corrected chi connectivity index (χ2v) is 7.93. The number of hydrogen-bond acceptors (Lipinski definition) is 6. The maximum Gasteiger partial charge on any atom is 0.337 e. The van der Waals surface area contributed by atoms with Crippen LogP contribution in [-0.2, 0) is 35.5 Å². The molecule has 0 bridgehead atoms. The molecule has 0 radical (unpaired) electrons. The van der Waals surface area contributed by atoms with Crippen molar-refractivity contribution in [2.24, 2.45) is 0 Å². The monoisotopic (exact) mass is 399 g/mol. The highest BCUT2D eigenvalue weighted by molar-refractivity contribution is 7.93. The van der Waals surface area contributed by atoms with Crippen molar-refractivity contribution in [1.82, 2.24) is 0 Å². The van der Waals surface area contributed by atoms with Crippen LogP contribution in [-0.4, -0.2) is 32.4 Å². The van der Waals surface area contributed by atoms with Crippen LogP contribution in [0, 0.1) is 5.82 Å². The molecule has 0 aliphatic heterocycles. The van der Waals surface area contributed by atoms with Gasteiger partial charge in [0.1, 0.15) is 11.1 Å². The SMILES string of the molecule is CCc1cc(F)ccc1NS(=O)(=O)C1CCCC=C1C(=O)OCOC(C)=O. The summed E-state index contributed by atoms with van der Waals surface area (Å²) >= 11 is 0. The van der Waals surface area contributed by atoms with Gasteiger partial charge >= 0.3 is 11.9 Å². The molecule has 27 heavy (non-hydrogen) atoms. The first-order valence-corrected chi connectivity index (χ1v) is 10.1. The molecular formula is C18H22FNO6S. The Kier molecular flexibility index (Phi) is 6.95. The van der Waals surface area contributed by atoms with Crippen LogP contribution in [0.15, 0.2) is 29.8 Å². The molecule has 0 saturated carbocycles. The number of esters is 2. The maximum atomic E-state index is 13.4. The Morgan fingerprint density at radius 3 is 2.70 bits per heavy atom. The minimum Gasteiger partial charge on any atom is -0.428 e. The van der Waals surface area contributed by atoms with Crippen molar-refractivity contribution >= 4 is 27.6 Å². The number of allylic oxidation sites excluding steroid dienone is 1. The third-order valence-corrected chi connectivity index (χ3v) is 5.89. The van der Waals surface area contributed by atoms with E-state index in [0.717, 1.165) is 0 Å². The quantitative estimate of drug-likeness (QED) is 0.559. The van der Waals surface area contributed by atoms with Crippen LogP contribution in [0.2, 0.25) is 0 Å². The van der Waals surface area contributed by atoms with Crippen LogP contribution < -0.4 is 4.72 Å². The molecule has 9 heteroatoms. The predicted octanol–water partition coefficient (Wildman–Crippen LogP) is 2.67. The summed E-state index contributed by atoms with van der Waals surface area (Å²) in [7, 11) is -3.97. The van der Waals surface area contributed by atoms with E-state index in [-0.39, 0.29) is 17.7 Å². The average molecular weight is 399 g/mol. The number of carbonyl (C=O) groups is 2. The van der Waals surface area contributed by atoms with Gasteiger partial charge in [0.2, 0.25) is 16.8 Å². The summed E-state index contributed by atoms with van der Waals surface area (Å²) in [6, 6.07) is 3.79. The van der Waals surface area contributed by atoms with E-state index in [4.69, 9.17) is 4.74 Å². The largest absolute Gasteiger partial charge is 0.428 e. The first-order valence-electron chi connectivity index (χ1n) is 8.55. The van der Waals surface area contributed by atoms with E-state index >= 15 is 0 Å². The molecule has 0 amide bonds. The highest BCUT2D eigenvalue weighted by Crippen LogP contribution is 2.28. The maximum absolute atomic E-state index is 13.4. The molecule has 0 heterocycles. The summed E-state index contributed by atoms with van der Waals surface area (Å²) in [6.45, 7) is 2.37. The van der Waals surface area contributed by atoms with Gasteiger partial charge in [0.25, 0.3) is 0 Å². The van der Waals surface area contributed by atoms with Crippen LogP contribution in [0.5, 0.6) is 0 Å². The van der Waals surface area contributed by atoms with Gasteiger partial charge in [-0.25, -0.2) is 17.6 Å². The van der Waals surface area contributed by atoms with E-state index in [9.17, 15) is 22.4 Å². The molecule has 0 aromatic heterocycles. The second kappa shape index (κ2) is 8.98. The molecule has 1 unspecified atom stereocenters. The smallest absolute Gasteiger partial charge is 0.337 e. The number of anilines is 1. The van der Waals surface area contributed by atoms with Crippen LogP contribution in [0.4, 0.5) is 10.1 Å². The number of aryl methyl sites for hydroxylation is 1.